The first kappa shape index (κ1) is 16.6. The average Bonchev–Trinajstić information content (AvgIpc) is 2.58. The molecule has 1 aliphatic rings. The van der Waals surface area contributed by atoms with Crippen molar-refractivity contribution in [2.45, 2.75) is 29.1 Å². The summed E-state index contributed by atoms with van der Waals surface area (Å²) in [5, 5.41) is 9.26. The van der Waals surface area contributed by atoms with E-state index in [2.05, 4.69) is 6.07 Å². The molecule has 122 valence electrons. The van der Waals surface area contributed by atoms with E-state index in [1.165, 1.54) is 31.0 Å². The van der Waals surface area contributed by atoms with E-state index >= 15 is 0 Å². The molecule has 0 spiro atoms. The van der Waals surface area contributed by atoms with Gasteiger partial charge in [0.1, 0.15) is 6.07 Å². The van der Waals surface area contributed by atoms with Gasteiger partial charge in [-0.3, -0.25) is 4.79 Å². The van der Waals surface area contributed by atoms with E-state index in [0.717, 1.165) is 16.3 Å². The van der Waals surface area contributed by atoms with Crippen molar-refractivity contribution in [2.75, 3.05) is 13.6 Å². The Labute approximate surface area is 147 Å². The van der Waals surface area contributed by atoms with Crippen molar-refractivity contribution in [1.82, 2.24) is 4.90 Å². The van der Waals surface area contributed by atoms with E-state index in [4.69, 9.17) is 0 Å². The van der Waals surface area contributed by atoms with E-state index < -0.39 is 0 Å². The highest BCUT2D eigenvalue weighted by atomic mass is 32.2. The van der Waals surface area contributed by atoms with Crippen LogP contribution in [0.15, 0.2) is 58.3 Å². The fraction of sp³-hybridized carbons (Fsp3) is 0.300. The maximum atomic E-state index is 12.8. The van der Waals surface area contributed by atoms with Gasteiger partial charge in [-0.1, -0.05) is 42.4 Å². The van der Waals surface area contributed by atoms with E-state index in [9.17, 15) is 10.1 Å². The second-order valence-corrected chi connectivity index (χ2v) is 7.27. The number of rotatable bonds is 5. The zero-order chi connectivity index (χ0) is 16.9. The third kappa shape index (κ3) is 3.63. The first-order valence-corrected chi connectivity index (χ1v) is 9.02. The van der Waals surface area contributed by atoms with Crippen molar-refractivity contribution < 1.29 is 4.79 Å². The van der Waals surface area contributed by atoms with Gasteiger partial charge in [0, 0.05) is 23.4 Å². The van der Waals surface area contributed by atoms with Crippen molar-refractivity contribution in [3.05, 3.63) is 59.7 Å². The minimum atomic E-state index is 0.0550. The second-order valence-electron chi connectivity index (χ2n) is 6.19. The summed E-state index contributed by atoms with van der Waals surface area (Å²) in [6, 6.07) is 17.3. The van der Waals surface area contributed by atoms with Gasteiger partial charge in [-0.25, -0.2) is 0 Å². The molecule has 0 bridgehead atoms. The lowest BCUT2D eigenvalue weighted by Gasteiger charge is -2.30. The fourth-order valence-corrected chi connectivity index (χ4v) is 3.87. The second kappa shape index (κ2) is 7.55. The molecule has 0 atom stereocenters. The molecule has 2 aromatic carbocycles. The van der Waals surface area contributed by atoms with Crippen molar-refractivity contribution in [3.63, 3.8) is 0 Å². The zero-order valence-corrected chi connectivity index (χ0v) is 14.6. The van der Waals surface area contributed by atoms with E-state index in [1.54, 1.807) is 6.07 Å². The molecule has 4 heteroatoms. The van der Waals surface area contributed by atoms with Gasteiger partial charge >= 0.3 is 0 Å². The highest BCUT2D eigenvalue weighted by Crippen LogP contribution is 2.33. The summed E-state index contributed by atoms with van der Waals surface area (Å²) < 4.78 is 0. The van der Waals surface area contributed by atoms with Gasteiger partial charge in [-0.2, -0.15) is 5.26 Å². The van der Waals surface area contributed by atoms with Gasteiger partial charge in [-0.15, -0.1) is 0 Å². The molecule has 1 fully saturated rings. The number of hydrogen-bond acceptors (Lipinski definition) is 3. The highest BCUT2D eigenvalue weighted by molar-refractivity contribution is 7.99. The van der Waals surface area contributed by atoms with Gasteiger partial charge in [0.05, 0.1) is 11.1 Å². The van der Waals surface area contributed by atoms with Crippen LogP contribution >= 0.6 is 11.8 Å². The predicted molar refractivity (Wildman–Crippen MR) is 96.0 cm³/mol. The maximum absolute atomic E-state index is 12.8. The summed E-state index contributed by atoms with van der Waals surface area (Å²) in [5.41, 5.74) is 1.34. The summed E-state index contributed by atoms with van der Waals surface area (Å²) in [6.07, 6.45) is 3.73. The summed E-state index contributed by atoms with van der Waals surface area (Å²) >= 11 is 1.48. The first-order valence-electron chi connectivity index (χ1n) is 8.20. The quantitative estimate of drug-likeness (QED) is 0.802. The normalized spacial score (nSPS) is 13.8. The maximum Gasteiger partial charge on any atom is 0.254 e. The molecule has 0 unspecified atom stereocenters. The Balaban J connectivity index is 1.82. The highest BCUT2D eigenvalue weighted by Gasteiger charge is 2.23. The van der Waals surface area contributed by atoms with Gasteiger partial charge in [0.25, 0.3) is 5.91 Å². The van der Waals surface area contributed by atoms with Crippen molar-refractivity contribution in [1.29, 1.82) is 5.26 Å². The molecule has 0 heterocycles. The minimum absolute atomic E-state index is 0.0550. The SMILES string of the molecule is CN(CC1CCC1)C(=O)c1ccccc1Sc1ccccc1C#N. The average molecular weight is 336 g/mol. The summed E-state index contributed by atoms with van der Waals surface area (Å²) in [6.45, 7) is 0.826. The molecule has 0 aromatic heterocycles. The van der Waals surface area contributed by atoms with Crippen LogP contribution in [-0.2, 0) is 0 Å². The molecule has 0 aliphatic heterocycles. The number of hydrogen-bond donors (Lipinski definition) is 0. The predicted octanol–water partition coefficient (Wildman–Crippen LogP) is 4.58. The van der Waals surface area contributed by atoms with Crippen LogP contribution in [0.1, 0.15) is 35.2 Å². The largest absolute Gasteiger partial charge is 0.341 e. The van der Waals surface area contributed by atoms with Crippen LogP contribution in [0.3, 0.4) is 0 Å². The first-order chi connectivity index (χ1) is 11.7. The molecule has 1 saturated carbocycles. The van der Waals surface area contributed by atoms with Crippen LogP contribution in [0.25, 0.3) is 0 Å². The zero-order valence-electron chi connectivity index (χ0n) is 13.7. The Hall–Kier alpha value is -2.25. The summed E-state index contributed by atoms with van der Waals surface area (Å²) in [7, 11) is 1.88. The standard InChI is InChI=1S/C20H20N2OS/c1-22(14-15-7-6-8-15)20(23)17-10-3-5-12-19(17)24-18-11-4-2-9-16(18)13-21/h2-5,9-12,15H,6-8,14H2,1H3. The van der Waals surface area contributed by atoms with Crippen LogP contribution in [0.5, 0.6) is 0 Å². The topological polar surface area (TPSA) is 44.1 Å². The minimum Gasteiger partial charge on any atom is -0.341 e. The molecule has 3 nitrogen and oxygen atoms in total. The molecule has 0 N–H and O–H groups in total. The smallest absolute Gasteiger partial charge is 0.254 e. The fourth-order valence-electron chi connectivity index (χ4n) is 2.85. The van der Waals surface area contributed by atoms with E-state index in [1.807, 2.05) is 54.4 Å². The van der Waals surface area contributed by atoms with Crippen LogP contribution in [0.4, 0.5) is 0 Å². The number of carbonyl (C=O) groups excluding carboxylic acids is 1. The molecular formula is C20H20N2OS. The van der Waals surface area contributed by atoms with Crippen molar-refractivity contribution in [2.24, 2.45) is 5.92 Å². The summed E-state index contributed by atoms with van der Waals surface area (Å²) in [4.78, 5) is 16.4. The van der Waals surface area contributed by atoms with Gasteiger partial charge in [-0.05, 0) is 43.0 Å². The Morgan fingerprint density at radius 2 is 1.83 bits per heavy atom. The van der Waals surface area contributed by atoms with Crippen LogP contribution < -0.4 is 0 Å². The number of carbonyl (C=O) groups is 1. The van der Waals surface area contributed by atoms with Crippen LogP contribution in [0, 0.1) is 17.2 Å². The summed E-state index contributed by atoms with van der Waals surface area (Å²) in [5.74, 6) is 0.706. The number of amides is 1. The molecule has 0 saturated heterocycles. The molecule has 1 amide bonds. The molecule has 2 aromatic rings. The van der Waals surface area contributed by atoms with Gasteiger partial charge in [0.15, 0.2) is 0 Å². The number of nitriles is 1. The third-order valence-corrected chi connectivity index (χ3v) is 5.60. The van der Waals surface area contributed by atoms with Crippen molar-refractivity contribution >= 4 is 17.7 Å². The van der Waals surface area contributed by atoms with Gasteiger partial charge < -0.3 is 4.90 Å². The Morgan fingerprint density at radius 1 is 1.17 bits per heavy atom. The molecule has 24 heavy (non-hydrogen) atoms. The number of benzene rings is 2. The van der Waals surface area contributed by atoms with Gasteiger partial charge in [0.2, 0.25) is 0 Å². The monoisotopic (exact) mass is 336 g/mol. The van der Waals surface area contributed by atoms with Crippen molar-refractivity contribution in [3.8, 4) is 6.07 Å². The lowest BCUT2D eigenvalue weighted by molar-refractivity contribution is 0.0742. The lowest BCUT2D eigenvalue weighted by Crippen LogP contribution is -2.34. The number of nitrogens with zero attached hydrogens (tertiary/aromatic N) is 2. The third-order valence-electron chi connectivity index (χ3n) is 4.45. The Kier molecular flexibility index (Phi) is 5.22. The molecular weight excluding hydrogens is 316 g/mol. The van der Waals surface area contributed by atoms with E-state index in [-0.39, 0.29) is 5.91 Å². The molecule has 1 aliphatic carbocycles. The van der Waals surface area contributed by atoms with Crippen LogP contribution in [-0.4, -0.2) is 24.4 Å². The van der Waals surface area contributed by atoms with Crippen LogP contribution in [0.2, 0.25) is 0 Å². The Bertz CT molecular complexity index is 777. The Morgan fingerprint density at radius 3 is 2.50 bits per heavy atom. The lowest BCUT2D eigenvalue weighted by atomic mass is 9.85. The molecule has 3 rings (SSSR count). The molecule has 0 radical (unpaired) electrons. The van der Waals surface area contributed by atoms with E-state index in [0.29, 0.717) is 17.0 Å².